The van der Waals surface area contributed by atoms with Gasteiger partial charge in [-0.05, 0) is 18.9 Å². The van der Waals surface area contributed by atoms with Gasteiger partial charge in [0, 0.05) is 18.7 Å². The molecule has 0 aliphatic heterocycles. The first kappa shape index (κ1) is 16.5. The third kappa shape index (κ3) is 3.75. The van der Waals surface area contributed by atoms with E-state index in [1.807, 2.05) is 36.2 Å². The number of amides is 1. The van der Waals surface area contributed by atoms with Crippen LogP contribution in [0, 0.1) is 0 Å². The number of nitrogens with zero attached hydrogens (tertiary/aromatic N) is 2. The first-order valence-corrected chi connectivity index (χ1v) is 9.34. The highest BCUT2D eigenvalue weighted by molar-refractivity contribution is 7.17. The molecule has 0 unspecified atom stereocenters. The predicted molar refractivity (Wildman–Crippen MR) is 96.1 cm³/mol. The van der Waals surface area contributed by atoms with Crippen molar-refractivity contribution in [3.63, 3.8) is 0 Å². The quantitative estimate of drug-likeness (QED) is 0.709. The maximum Gasteiger partial charge on any atom is 0.265 e. The molecule has 1 fully saturated rings. The highest BCUT2D eigenvalue weighted by atomic mass is 35.5. The van der Waals surface area contributed by atoms with Crippen LogP contribution in [0.3, 0.4) is 0 Å². The number of halogens is 1. The SMILES string of the molecule is CN(C(=O)c1cnc(-c2ccccc2Cl)s1)C1CCCCCC1. The summed E-state index contributed by atoms with van der Waals surface area (Å²) in [7, 11) is 1.92. The summed E-state index contributed by atoms with van der Waals surface area (Å²) in [6.07, 6.45) is 8.91. The van der Waals surface area contributed by atoms with Gasteiger partial charge in [0.05, 0.1) is 11.2 Å². The first-order valence-electron chi connectivity index (χ1n) is 8.14. The van der Waals surface area contributed by atoms with Crippen LogP contribution < -0.4 is 0 Å². The number of aromatic nitrogens is 1. The predicted octanol–water partition coefficient (Wildman–Crippen LogP) is 5.26. The number of hydrogen-bond donors (Lipinski definition) is 0. The van der Waals surface area contributed by atoms with E-state index in [9.17, 15) is 4.79 Å². The van der Waals surface area contributed by atoms with Crippen molar-refractivity contribution in [2.75, 3.05) is 7.05 Å². The largest absolute Gasteiger partial charge is 0.338 e. The van der Waals surface area contributed by atoms with Gasteiger partial charge in [0.2, 0.25) is 0 Å². The average Bonchev–Trinajstić information content (AvgIpc) is 2.89. The zero-order valence-corrected chi connectivity index (χ0v) is 14.9. The van der Waals surface area contributed by atoms with Gasteiger partial charge in [0.25, 0.3) is 5.91 Å². The van der Waals surface area contributed by atoms with Gasteiger partial charge in [0.1, 0.15) is 9.88 Å². The van der Waals surface area contributed by atoms with Crippen molar-refractivity contribution in [2.45, 2.75) is 44.6 Å². The first-order chi connectivity index (χ1) is 11.2. The Hall–Kier alpha value is -1.39. The number of carbonyl (C=O) groups is 1. The summed E-state index contributed by atoms with van der Waals surface area (Å²) in [6.45, 7) is 0. The molecule has 0 spiro atoms. The lowest BCUT2D eigenvalue weighted by Gasteiger charge is -2.26. The summed E-state index contributed by atoms with van der Waals surface area (Å²) in [5, 5.41) is 1.46. The van der Waals surface area contributed by atoms with E-state index in [1.165, 1.54) is 37.0 Å². The van der Waals surface area contributed by atoms with E-state index in [0.717, 1.165) is 23.4 Å². The monoisotopic (exact) mass is 348 g/mol. The van der Waals surface area contributed by atoms with Crippen LogP contribution in [0.4, 0.5) is 0 Å². The van der Waals surface area contributed by atoms with Crippen LogP contribution in [0.2, 0.25) is 5.02 Å². The number of rotatable bonds is 3. The maximum absolute atomic E-state index is 12.7. The fraction of sp³-hybridized carbons (Fsp3) is 0.444. The van der Waals surface area contributed by atoms with E-state index in [0.29, 0.717) is 15.9 Å². The molecule has 1 aliphatic rings. The number of hydrogen-bond acceptors (Lipinski definition) is 3. The average molecular weight is 349 g/mol. The molecule has 23 heavy (non-hydrogen) atoms. The highest BCUT2D eigenvalue weighted by Gasteiger charge is 2.24. The van der Waals surface area contributed by atoms with Gasteiger partial charge in [-0.3, -0.25) is 4.79 Å². The van der Waals surface area contributed by atoms with E-state index in [1.54, 1.807) is 6.20 Å². The minimum atomic E-state index is 0.0766. The molecule has 1 aromatic heterocycles. The molecule has 2 aromatic rings. The number of carbonyl (C=O) groups excluding carboxylic acids is 1. The molecule has 5 heteroatoms. The molecule has 1 saturated carbocycles. The van der Waals surface area contributed by atoms with Crippen LogP contribution in [-0.4, -0.2) is 28.9 Å². The van der Waals surface area contributed by atoms with Crippen LogP contribution in [0.1, 0.15) is 48.2 Å². The summed E-state index contributed by atoms with van der Waals surface area (Å²) in [5.74, 6) is 0.0766. The summed E-state index contributed by atoms with van der Waals surface area (Å²) in [6, 6.07) is 7.96. The van der Waals surface area contributed by atoms with Crippen LogP contribution >= 0.6 is 22.9 Å². The van der Waals surface area contributed by atoms with Crippen molar-refractivity contribution >= 4 is 28.8 Å². The smallest absolute Gasteiger partial charge is 0.265 e. The summed E-state index contributed by atoms with van der Waals surface area (Å²) >= 11 is 7.64. The highest BCUT2D eigenvalue weighted by Crippen LogP contribution is 2.32. The second kappa shape index (κ2) is 7.45. The van der Waals surface area contributed by atoms with Crippen molar-refractivity contribution in [2.24, 2.45) is 0 Å². The lowest BCUT2D eigenvalue weighted by atomic mass is 10.1. The molecule has 1 amide bonds. The summed E-state index contributed by atoms with van der Waals surface area (Å²) in [5.41, 5.74) is 0.885. The standard InChI is InChI=1S/C18H21ClN2OS/c1-21(13-8-4-2-3-5-9-13)18(22)16-12-20-17(23-16)14-10-6-7-11-15(14)19/h6-7,10-13H,2-5,8-9H2,1H3. The molecule has 0 N–H and O–H groups in total. The topological polar surface area (TPSA) is 33.2 Å². The van der Waals surface area contributed by atoms with Gasteiger partial charge < -0.3 is 4.90 Å². The van der Waals surface area contributed by atoms with Gasteiger partial charge in [0.15, 0.2) is 0 Å². The lowest BCUT2D eigenvalue weighted by molar-refractivity contribution is 0.0722. The van der Waals surface area contributed by atoms with Crippen LogP contribution in [0.5, 0.6) is 0 Å². The second-order valence-electron chi connectivity index (χ2n) is 6.07. The lowest BCUT2D eigenvalue weighted by Crippen LogP contribution is -2.36. The Labute approximate surface area is 146 Å². The van der Waals surface area contributed by atoms with Gasteiger partial charge in [-0.15, -0.1) is 11.3 Å². The Morgan fingerprint density at radius 3 is 2.61 bits per heavy atom. The van der Waals surface area contributed by atoms with E-state index in [-0.39, 0.29) is 5.91 Å². The van der Waals surface area contributed by atoms with Crippen molar-refractivity contribution in [1.29, 1.82) is 0 Å². The molecule has 3 rings (SSSR count). The third-order valence-corrected chi connectivity index (χ3v) is 5.86. The van der Waals surface area contributed by atoms with Gasteiger partial charge in [-0.2, -0.15) is 0 Å². The molecule has 122 valence electrons. The van der Waals surface area contributed by atoms with Crippen molar-refractivity contribution in [3.8, 4) is 10.6 Å². The van der Waals surface area contributed by atoms with Crippen molar-refractivity contribution in [3.05, 3.63) is 40.4 Å². The van der Waals surface area contributed by atoms with E-state index < -0.39 is 0 Å². The van der Waals surface area contributed by atoms with Gasteiger partial charge in [-0.25, -0.2) is 4.98 Å². The molecule has 0 radical (unpaired) electrons. The summed E-state index contributed by atoms with van der Waals surface area (Å²) in [4.78, 5) is 19.7. The number of benzene rings is 1. The van der Waals surface area contributed by atoms with Crippen LogP contribution in [0.25, 0.3) is 10.6 Å². The van der Waals surface area contributed by atoms with E-state index in [2.05, 4.69) is 4.98 Å². The molecule has 3 nitrogen and oxygen atoms in total. The Balaban J connectivity index is 1.77. The van der Waals surface area contributed by atoms with Crippen LogP contribution in [-0.2, 0) is 0 Å². The normalized spacial score (nSPS) is 16.1. The van der Waals surface area contributed by atoms with E-state index >= 15 is 0 Å². The Morgan fingerprint density at radius 1 is 1.22 bits per heavy atom. The molecule has 1 aromatic carbocycles. The Bertz CT molecular complexity index is 677. The molecular weight excluding hydrogens is 328 g/mol. The summed E-state index contributed by atoms with van der Waals surface area (Å²) < 4.78 is 0. The van der Waals surface area contributed by atoms with Crippen molar-refractivity contribution in [1.82, 2.24) is 9.88 Å². The van der Waals surface area contributed by atoms with Crippen molar-refractivity contribution < 1.29 is 4.79 Å². The third-order valence-electron chi connectivity index (χ3n) is 4.51. The second-order valence-corrected chi connectivity index (χ2v) is 7.51. The minimum absolute atomic E-state index is 0.0766. The molecule has 0 bridgehead atoms. The zero-order chi connectivity index (χ0) is 16.2. The minimum Gasteiger partial charge on any atom is -0.338 e. The Morgan fingerprint density at radius 2 is 1.91 bits per heavy atom. The molecule has 1 heterocycles. The maximum atomic E-state index is 12.7. The fourth-order valence-electron chi connectivity index (χ4n) is 3.12. The number of thiazole rings is 1. The molecule has 0 saturated heterocycles. The Kier molecular flexibility index (Phi) is 5.34. The van der Waals surface area contributed by atoms with Gasteiger partial charge >= 0.3 is 0 Å². The van der Waals surface area contributed by atoms with Gasteiger partial charge in [-0.1, -0.05) is 55.5 Å². The van der Waals surface area contributed by atoms with E-state index in [4.69, 9.17) is 11.6 Å². The molecule has 0 atom stereocenters. The molecule has 1 aliphatic carbocycles. The fourth-order valence-corrected chi connectivity index (χ4v) is 4.34. The zero-order valence-electron chi connectivity index (χ0n) is 13.3. The van der Waals surface area contributed by atoms with Crippen LogP contribution in [0.15, 0.2) is 30.5 Å². The molecular formula is C18H21ClN2OS.